The molecule has 0 fully saturated rings. The lowest BCUT2D eigenvalue weighted by Gasteiger charge is -2.15. The Labute approximate surface area is 96.3 Å². The fraction of sp³-hybridized carbons (Fsp3) is 0.462. The molecule has 3 nitrogen and oxygen atoms in total. The number of hydrogen-bond acceptors (Lipinski definition) is 2. The van der Waals surface area contributed by atoms with Crippen molar-refractivity contribution in [3.8, 4) is 0 Å². The molecule has 1 aromatic carbocycles. The van der Waals surface area contributed by atoms with E-state index < -0.39 is 5.97 Å². The van der Waals surface area contributed by atoms with Gasteiger partial charge in [0.15, 0.2) is 0 Å². The lowest BCUT2D eigenvalue weighted by Crippen LogP contribution is -2.12. The summed E-state index contributed by atoms with van der Waals surface area (Å²) in [4.78, 5) is 10.5. The van der Waals surface area contributed by atoms with Gasteiger partial charge < -0.3 is 10.8 Å². The van der Waals surface area contributed by atoms with Gasteiger partial charge in [-0.25, -0.2) is 0 Å². The van der Waals surface area contributed by atoms with E-state index in [-0.39, 0.29) is 12.5 Å². The van der Waals surface area contributed by atoms with Crippen molar-refractivity contribution in [2.45, 2.75) is 38.6 Å². The van der Waals surface area contributed by atoms with Gasteiger partial charge in [-0.15, -0.1) is 0 Å². The monoisotopic (exact) mass is 221 g/mol. The topological polar surface area (TPSA) is 63.3 Å². The highest BCUT2D eigenvalue weighted by molar-refractivity contribution is 5.67. The molecule has 1 atom stereocenters. The van der Waals surface area contributed by atoms with E-state index in [9.17, 15) is 4.79 Å². The Morgan fingerprint density at radius 3 is 2.75 bits per heavy atom. The minimum absolute atomic E-state index is 0.0231. The van der Waals surface area contributed by atoms with E-state index in [0.717, 1.165) is 24.0 Å². The molecule has 0 aliphatic carbocycles. The predicted octanol–water partition coefficient (Wildman–Crippen LogP) is 2.50. The summed E-state index contributed by atoms with van der Waals surface area (Å²) in [6.45, 7) is 2.10. The van der Waals surface area contributed by atoms with Crippen molar-refractivity contribution >= 4 is 5.97 Å². The van der Waals surface area contributed by atoms with Gasteiger partial charge in [0.05, 0.1) is 0 Å². The van der Waals surface area contributed by atoms with E-state index in [1.54, 1.807) is 0 Å². The van der Waals surface area contributed by atoms with Crippen LogP contribution in [-0.4, -0.2) is 11.1 Å². The zero-order valence-electron chi connectivity index (χ0n) is 9.65. The molecule has 0 aliphatic rings. The lowest BCUT2D eigenvalue weighted by atomic mass is 9.95. The molecule has 0 heterocycles. The molecule has 0 bridgehead atoms. The third kappa shape index (κ3) is 3.66. The van der Waals surface area contributed by atoms with E-state index in [1.807, 2.05) is 24.3 Å². The predicted molar refractivity (Wildman–Crippen MR) is 64.2 cm³/mol. The minimum Gasteiger partial charge on any atom is -0.481 e. The number of carboxylic acids is 1. The second kappa shape index (κ2) is 6.28. The maximum absolute atomic E-state index is 10.5. The summed E-state index contributed by atoms with van der Waals surface area (Å²) < 4.78 is 0. The molecule has 0 saturated heterocycles. The van der Waals surface area contributed by atoms with Crippen LogP contribution in [0.15, 0.2) is 24.3 Å². The van der Waals surface area contributed by atoms with Crippen molar-refractivity contribution in [3.05, 3.63) is 35.4 Å². The zero-order valence-corrected chi connectivity index (χ0v) is 9.65. The summed E-state index contributed by atoms with van der Waals surface area (Å²) in [5.74, 6) is -0.765. The maximum Gasteiger partial charge on any atom is 0.303 e. The Morgan fingerprint density at radius 1 is 1.44 bits per heavy atom. The van der Waals surface area contributed by atoms with Crippen LogP contribution in [-0.2, 0) is 11.2 Å². The van der Waals surface area contributed by atoms with E-state index in [4.69, 9.17) is 10.8 Å². The lowest BCUT2D eigenvalue weighted by molar-refractivity contribution is -0.136. The molecule has 0 saturated carbocycles. The smallest absolute Gasteiger partial charge is 0.303 e. The van der Waals surface area contributed by atoms with Crippen LogP contribution in [0, 0.1) is 0 Å². The molecule has 0 aromatic heterocycles. The fourth-order valence-electron chi connectivity index (χ4n) is 1.83. The van der Waals surface area contributed by atoms with Gasteiger partial charge >= 0.3 is 5.97 Å². The first kappa shape index (κ1) is 12.7. The van der Waals surface area contributed by atoms with Gasteiger partial charge in [0, 0.05) is 12.5 Å². The van der Waals surface area contributed by atoms with Gasteiger partial charge in [-0.05, 0) is 24.0 Å². The largest absolute Gasteiger partial charge is 0.481 e. The summed E-state index contributed by atoms with van der Waals surface area (Å²) in [5, 5.41) is 8.68. The van der Waals surface area contributed by atoms with E-state index in [2.05, 4.69) is 6.92 Å². The van der Waals surface area contributed by atoms with Crippen LogP contribution >= 0.6 is 0 Å². The first-order valence-corrected chi connectivity index (χ1v) is 5.70. The normalized spacial score (nSPS) is 12.4. The van der Waals surface area contributed by atoms with Crippen LogP contribution in [0.25, 0.3) is 0 Å². The van der Waals surface area contributed by atoms with Crippen molar-refractivity contribution in [2.75, 3.05) is 0 Å². The summed E-state index contributed by atoms with van der Waals surface area (Å²) >= 11 is 0. The minimum atomic E-state index is -0.765. The molecule has 3 N–H and O–H groups in total. The third-order valence-corrected chi connectivity index (χ3v) is 2.66. The highest BCUT2D eigenvalue weighted by Crippen LogP contribution is 2.21. The van der Waals surface area contributed by atoms with Crippen LogP contribution < -0.4 is 5.73 Å². The zero-order chi connectivity index (χ0) is 12.0. The maximum atomic E-state index is 10.5. The average molecular weight is 221 g/mol. The quantitative estimate of drug-likeness (QED) is 0.775. The highest BCUT2D eigenvalue weighted by Gasteiger charge is 2.10. The summed E-state index contributed by atoms with van der Waals surface area (Å²) in [7, 11) is 0. The second-order valence-corrected chi connectivity index (χ2v) is 3.99. The van der Waals surface area contributed by atoms with E-state index in [1.165, 1.54) is 0 Å². The Hall–Kier alpha value is -1.35. The Balaban J connectivity index is 2.78. The highest BCUT2D eigenvalue weighted by atomic mass is 16.4. The number of aliphatic carboxylic acids is 1. The number of carbonyl (C=O) groups is 1. The number of hydrogen-bond donors (Lipinski definition) is 2. The molecule has 1 unspecified atom stereocenters. The van der Waals surface area contributed by atoms with Gasteiger partial charge in [-0.3, -0.25) is 4.79 Å². The molecule has 0 spiro atoms. The molecule has 1 aromatic rings. The summed E-state index contributed by atoms with van der Waals surface area (Å²) in [5.41, 5.74) is 8.21. The van der Waals surface area contributed by atoms with Crippen molar-refractivity contribution in [1.82, 2.24) is 0 Å². The molecule has 0 radical (unpaired) electrons. The summed E-state index contributed by atoms with van der Waals surface area (Å²) in [6, 6.07) is 7.87. The Bertz CT molecular complexity index is 350. The number of rotatable bonds is 6. The first-order valence-electron chi connectivity index (χ1n) is 5.70. The van der Waals surface area contributed by atoms with Crippen molar-refractivity contribution in [3.63, 3.8) is 0 Å². The number of aryl methyl sites for hydroxylation is 1. The van der Waals surface area contributed by atoms with E-state index in [0.29, 0.717) is 6.42 Å². The van der Waals surface area contributed by atoms with Crippen molar-refractivity contribution in [2.24, 2.45) is 5.73 Å². The van der Waals surface area contributed by atoms with Gasteiger partial charge in [-0.2, -0.15) is 0 Å². The van der Waals surface area contributed by atoms with Crippen LogP contribution in [0.4, 0.5) is 0 Å². The Kier molecular flexibility index (Phi) is 4.99. The average Bonchev–Trinajstić information content (AvgIpc) is 2.27. The first-order chi connectivity index (χ1) is 7.65. The van der Waals surface area contributed by atoms with Crippen LogP contribution in [0.1, 0.15) is 43.4 Å². The molecule has 16 heavy (non-hydrogen) atoms. The number of benzene rings is 1. The van der Waals surface area contributed by atoms with Crippen LogP contribution in [0.3, 0.4) is 0 Å². The third-order valence-electron chi connectivity index (χ3n) is 2.66. The number of carboxylic acid groups (broad SMARTS) is 1. The van der Waals surface area contributed by atoms with Gasteiger partial charge in [0.2, 0.25) is 0 Å². The number of nitrogens with two attached hydrogens (primary N) is 1. The van der Waals surface area contributed by atoms with Gasteiger partial charge in [-0.1, -0.05) is 37.6 Å². The van der Waals surface area contributed by atoms with Gasteiger partial charge in [0.25, 0.3) is 0 Å². The van der Waals surface area contributed by atoms with E-state index >= 15 is 0 Å². The van der Waals surface area contributed by atoms with Crippen molar-refractivity contribution < 1.29 is 9.90 Å². The fourth-order valence-corrected chi connectivity index (χ4v) is 1.83. The molecular formula is C13H19NO2. The second-order valence-electron chi connectivity index (χ2n) is 3.99. The van der Waals surface area contributed by atoms with Crippen LogP contribution in [0.2, 0.25) is 0 Å². The molecule has 1 rings (SSSR count). The standard InChI is InChI=1S/C13H19NO2/c1-2-5-12(14)11-7-4-3-6-10(11)8-9-13(15)16/h3-4,6-7,12H,2,5,8-9,14H2,1H3,(H,15,16). The Morgan fingerprint density at radius 2 is 2.12 bits per heavy atom. The van der Waals surface area contributed by atoms with Gasteiger partial charge in [0.1, 0.15) is 0 Å². The van der Waals surface area contributed by atoms with Crippen LogP contribution in [0.5, 0.6) is 0 Å². The SMILES string of the molecule is CCCC(N)c1ccccc1CCC(=O)O. The summed E-state index contributed by atoms with van der Waals surface area (Å²) in [6.07, 6.45) is 2.69. The molecule has 88 valence electrons. The molecule has 0 aliphatic heterocycles. The molecule has 3 heteroatoms. The molecule has 0 amide bonds. The van der Waals surface area contributed by atoms with Crippen molar-refractivity contribution in [1.29, 1.82) is 0 Å². The molecular weight excluding hydrogens is 202 g/mol.